The van der Waals surface area contributed by atoms with Crippen LogP contribution in [0.1, 0.15) is 39.7 Å². The van der Waals surface area contributed by atoms with Crippen LogP contribution in [0, 0.1) is 0 Å². The molecule has 0 saturated heterocycles. The summed E-state index contributed by atoms with van der Waals surface area (Å²) in [6.45, 7) is 0.600. The molecule has 0 aliphatic heterocycles. The van der Waals surface area contributed by atoms with E-state index in [-0.39, 0.29) is 5.91 Å². The first-order chi connectivity index (χ1) is 9.16. The predicted octanol–water partition coefficient (Wildman–Crippen LogP) is 2.03. The lowest BCUT2D eigenvalue weighted by molar-refractivity contribution is 0.0785. The van der Waals surface area contributed by atoms with E-state index in [4.69, 9.17) is 0 Å². The smallest absolute Gasteiger partial charge is 0.257 e. The average Bonchev–Trinajstić information content (AvgIpc) is 2.95. The Labute approximate surface area is 116 Å². The van der Waals surface area contributed by atoms with Crippen molar-refractivity contribution in [1.29, 1.82) is 0 Å². The lowest BCUT2D eigenvalue weighted by Crippen LogP contribution is -2.26. The van der Waals surface area contributed by atoms with Gasteiger partial charge in [-0.15, -0.1) is 0 Å². The number of rotatable bonds is 4. The summed E-state index contributed by atoms with van der Waals surface area (Å²) in [4.78, 5) is 15.3. The zero-order chi connectivity index (χ0) is 13.4. The first-order valence-electron chi connectivity index (χ1n) is 6.33. The van der Waals surface area contributed by atoms with Gasteiger partial charge in [0.05, 0.1) is 24.0 Å². The van der Waals surface area contributed by atoms with Crippen molar-refractivity contribution >= 4 is 17.4 Å². The summed E-state index contributed by atoms with van der Waals surface area (Å²) in [7, 11) is 3.74. The standard InChI is InChI=1S/C13H16N4OS/c1-16(8-10-5-6-15-19-10)13(18)11-7-14-17(2)12(11)9-3-4-9/h5-7,9H,3-4,8H2,1-2H3. The van der Waals surface area contributed by atoms with Crippen molar-refractivity contribution in [2.45, 2.75) is 25.3 Å². The van der Waals surface area contributed by atoms with Gasteiger partial charge in [-0.25, -0.2) is 4.37 Å². The lowest BCUT2D eigenvalue weighted by Gasteiger charge is -2.16. The fourth-order valence-corrected chi connectivity index (χ4v) is 2.92. The Morgan fingerprint density at radius 3 is 3.00 bits per heavy atom. The van der Waals surface area contributed by atoms with Crippen LogP contribution in [-0.4, -0.2) is 32.0 Å². The van der Waals surface area contributed by atoms with Crippen LogP contribution in [0.25, 0.3) is 0 Å². The van der Waals surface area contributed by atoms with Crippen LogP contribution in [-0.2, 0) is 13.6 Å². The van der Waals surface area contributed by atoms with E-state index in [1.54, 1.807) is 17.3 Å². The lowest BCUT2D eigenvalue weighted by atomic mass is 10.1. The number of hydrogen-bond donors (Lipinski definition) is 0. The first kappa shape index (κ1) is 12.3. The van der Waals surface area contributed by atoms with Crippen molar-refractivity contribution in [2.75, 3.05) is 7.05 Å². The molecule has 100 valence electrons. The molecule has 1 fully saturated rings. The molecule has 1 saturated carbocycles. The molecule has 2 heterocycles. The molecule has 1 aliphatic carbocycles. The second-order valence-corrected chi connectivity index (χ2v) is 5.90. The number of nitrogens with zero attached hydrogens (tertiary/aromatic N) is 4. The second-order valence-electron chi connectivity index (χ2n) is 4.98. The Balaban J connectivity index is 1.79. The number of carbonyl (C=O) groups is 1. The van der Waals surface area contributed by atoms with Gasteiger partial charge in [0.1, 0.15) is 0 Å². The third-order valence-electron chi connectivity index (χ3n) is 3.41. The van der Waals surface area contributed by atoms with Crippen LogP contribution in [0.4, 0.5) is 0 Å². The molecular weight excluding hydrogens is 260 g/mol. The van der Waals surface area contributed by atoms with E-state index < -0.39 is 0 Å². The molecule has 0 atom stereocenters. The third-order valence-corrected chi connectivity index (χ3v) is 4.14. The number of carbonyl (C=O) groups excluding carboxylic acids is 1. The van der Waals surface area contributed by atoms with Gasteiger partial charge in [-0.3, -0.25) is 9.48 Å². The van der Waals surface area contributed by atoms with Gasteiger partial charge in [-0.2, -0.15) is 5.10 Å². The fourth-order valence-electron chi connectivity index (χ4n) is 2.29. The van der Waals surface area contributed by atoms with Crippen molar-refractivity contribution in [3.8, 4) is 0 Å². The molecule has 0 aromatic carbocycles. The number of aromatic nitrogens is 3. The minimum atomic E-state index is 0.0448. The minimum Gasteiger partial charge on any atom is -0.336 e. The van der Waals surface area contributed by atoms with Crippen LogP contribution in [0.15, 0.2) is 18.5 Å². The summed E-state index contributed by atoms with van der Waals surface area (Å²) < 4.78 is 5.89. The van der Waals surface area contributed by atoms with E-state index in [0.29, 0.717) is 12.5 Å². The van der Waals surface area contributed by atoms with Gasteiger partial charge in [0, 0.05) is 31.1 Å². The average molecular weight is 276 g/mol. The third kappa shape index (κ3) is 2.40. The van der Waals surface area contributed by atoms with E-state index in [1.807, 2.05) is 24.8 Å². The number of amides is 1. The Bertz CT molecular complexity index is 586. The molecule has 3 rings (SSSR count). The summed E-state index contributed by atoms with van der Waals surface area (Å²) in [5.41, 5.74) is 1.83. The largest absolute Gasteiger partial charge is 0.336 e. The first-order valence-corrected chi connectivity index (χ1v) is 7.11. The molecular formula is C13H16N4OS. The van der Waals surface area contributed by atoms with Crippen LogP contribution < -0.4 is 0 Å². The van der Waals surface area contributed by atoms with Gasteiger partial charge >= 0.3 is 0 Å². The van der Waals surface area contributed by atoms with Crippen molar-refractivity contribution in [3.63, 3.8) is 0 Å². The molecule has 19 heavy (non-hydrogen) atoms. The van der Waals surface area contributed by atoms with E-state index in [1.165, 1.54) is 24.4 Å². The van der Waals surface area contributed by atoms with Gasteiger partial charge in [0.15, 0.2) is 0 Å². The summed E-state index contributed by atoms with van der Waals surface area (Å²) in [6, 6.07) is 1.94. The maximum Gasteiger partial charge on any atom is 0.257 e. The summed E-state index contributed by atoms with van der Waals surface area (Å²) >= 11 is 1.43. The van der Waals surface area contributed by atoms with Gasteiger partial charge in [0.2, 0.25) is 0 Å². The van der Waals surface area contributed by atoms with Crippen molar-refractivity contribution in [2.24, 2.45) is 7.05 Å². The Morgan fingerprint density at radius 2 is 2.37 bits per heavy atom. The SMILES string of the molecule is CN(Cc1ccns1)C(=O)c1cnn(C)c1C1CC1. The maximum atomic E-state index is 12.5. The summed E-state index contributed by atoms with van der Waals surface area (Å²) in [6.07, 6.45) is 5.79. The predicted molar refractivity (Wildman–Crippen MR) is 73.1 cm³/mol. The highest BCUT2D eigenvalue weighted by Crippen LogP contribution is 2.41. The molecule has 1 amide bonds. The van der Waals surface area contributed by atoms with E-state index in [2.05, 4.69) is 9.47 Å². The van der Waals surface area contributed by atoms with Crippen molar-refractivity contribution in [3.05, 3.63) is 34.6 Å². The van der Waals surface area contributed by atoms with Crippen LogP contribution in [0.3, 0.4) is 0 Å². The summed E-state index contributed by atoms with van der Waals surface area (Å²) in [5, 5.41) is 4.24. The molecule has 2 aromatic rings. The number of aryl methyl sites for hydroxylation is 1. The second kappa shape index (κ2) is 4.77. The van der Waals surface area contributed by atoms with E-state index in [9.17, 15) is 4.79 Å². The maximum absolute atomic E-state index is 12.5. The molecule has 0 radical (unpaired) electrons. The molecule has 0 bridgehead atoms. The zero-order valence-corrected chi connectivity index (χ0v) is 11.9. The fraction of sp³-hybridized carbons (Fsp3) is 0.462. The highest BCUT2D eigenvalue weighted by Gasteiger charge is 2.32. The van der Waals surface area contributed by atoms with Crippen molar-refractivity contribution < 1.29 is 4.79 Å². The van der Waals surface area contributed by atoms with Crippen LogP contribution in [0.5, 0.6) is 0 Å². The molecule has 6 heteroatoms. The molecule has 2 aromatic heterocycles. The van der Waals surface area contributed by atoms with E-state index >= 15 is 0 Å². The highest BCUT2D eigenvalue weighted by molar-refractivity contribution is 7.05. The monoisotopic (exact) mass is 276 g/mol. The highest BCUT2D eigenvalue weighted by atomic mass is 32.1. The summed E-state index contributed by atoms with van der Waals surface area (Å²) in [5.74, 6) is 0.562. The van der Waals surface area contributed by atoms with E-state index in [0.717, 1.165) is 16.1 Å². The molecule has 0 N–H and O–H groups in total. The van der Waals surface area contributed by atoms with Gasteiger partial charge in [0.25, 0.3) is 5.91 Å². The van der Waals surface area contributed by atoms with Gasteiger partial charge < -0.3 is 4.90 Å². The van der Waals surface area contributed by atoms with Crippen LogP contribution in [0.2, 0.25) is 0 Å². The van der Waals surface area contributed by atoms with Gasteiger partial charge in [-0.05, 0) is 30.4 Å². The Hall–Kier alpha value is -1.69. The minimum absolute atomic E-state index is 0.0448. The quantitative estimate of drug-likeness (QED) is 0.858. The number of hydrogen-bond acceptors (Lipinski definition) is 4. The normalized spacial score (nSPS) is 14.6. The van der Waals surface area contributed by atoms with Gasteiger partial charge in [-0.1, -0.05) is 0 Å². The van der Waals surface area contributed by atoms with Crippen molar-refractivity contribution in [1.82, 2.24) is 19.1 Å². The zero-order valence-electron chi connectivity index (χ0n) is 11.0. The Morgan fingerprint density at radius 1 is 1.58 bits per heavy atom. The Kier molecular flexibility index (Phi) is 3.10. The van der Waals surface area contributed by atoms with Crippen LogP contribution >= 0.6 is 11.5 Å². The molecule has 5 nitrogen and oxygen atoms in total. The molecule has 0 spiro atoms. The topological polar surface area (TPSA) is 51.0 Å². The molecule has 1 aliphatic rings. The molecule has 0 unspecified atom stereocenters.